The summed E-state index contributed by atoms with van der Waals surface area (Å²) in [5, 5.41) is 4.62. The van der Waals surface area contributed by atoms with E-state index in [0.29, 0.717) is 23.1 Å². The number of hydrogen-bond donors (Lipinski definition) is 2. The van der Waals surface area contributed by atoms with Gasteiger partial charge >= 0.3 is 0 Å². The molecule has 0 saturated carbocycles. The number of aromatic nitrogens is 2. The minimum atomic E-state index is 0.651. The van der Waals surface area contributed by atoms with Crippen molar-refractivity contribution >= 4 is 34.2 Å². The van der Waals surface area contributed by atoms with Crippen molar-refractivity contribution < 1.29 is 0 Å². The Labute approximate surface area is 126 Å². The van der Waals surface area contributed by atoms with Crippen LogP contribution >= 0.6 is 23.2 Å². The number of nitrogens with zero attached hydrogens (tertiary/aromatic N) is 1. The van der Waals surface area contributed by atoms with Crippen LogP contribution in [0, 0.1) is 0 Å². The van der Waals surface area contributed by atoms with Crippen molar-refractivity contribution in [1.29, 1.82) is 0 Å². The molecule has 0 aliphatic heterocycles. The number of rotatable bonds is 4. The van der Waals surface area contributed by atoms with Gasteiger partial charge in [-0.15, -0.1) is 0 Å². The summed E-state index contributed by atoms with van der Waals surface area (Å²) in [5.41, 5.74) is 3.09. The molecule has 5 heteroatoms. The van der Waals surface area contributed by atoms with Gasteiger partial charge in [-0.3, -0.25) is 0 Å². The number of benzene rings is 2. The fourth-order valence-electron chi connectivity index (χ4n) is 2.13. The Morgan fingerprint density at radius 3 is 2.50 bits per heavy atom. The molecule has 2 N–H and O–H groups in total. The van der Waals surface area contributed by atoms with Crippen LogP contribution in [0.5, 0.6) is 0 Å². The molecular formula is C15H13Cl2N3. The van der Waals surface area contributed by atoms with Gasteiger partial charge in [-0.05, 0) is 35.9 Å². The SMILES string of the molecule is Clc1cc(Cl)cc(CNCc2nc3ccccc3[nH]2)c1. The Hall–Kier alpha value is -1.55. The molecule has 0 amide bonds. The Bertz CT molecular complexity index is 684. The first kappa shape index (κ1) is 13.4. The van der Waals surface area contributed by atoms with E-state index in [9.17, 15) is 0 Å². The van der Waals surface area contributed by atoms with Crippen molar-refractivity contribution in [3.05, 3.63) is 63.9 Å². The molecule has 20 heavy (non-hydrogen) atoms. The number of hydrogen-bond acceptors (Lipinski definition) is 2. The van der Waals surface area contributed by atoms with E-state index in [1.165, 1.54) is 0 Å². The molecule has 3 rings (SSSR count). The Kier molecular flexibility index (Phi) is 3.92. The maximum atomic E-state index is 5.97. The van der Waals surface area contributed by atoms with E-state index in [-0.39, 0.29) is 0 Å². The average Bonchev–Trinajstić information content (AvgIpc) is 2.80. The van der Waals surface area contributed by atoms with Crippen LogP contribution in [-0.4, -0.2) is 9.97 Å². The van der Waals surface area contributed by atoms with Crippen LogP contribution in [0.2, 0.25) is 10.0 Å². The number of halogens is 2. The second-order valence-corrected chi connectivity index (χ2v) is 5.45. The van der Waals surface area contributed by atoms with Crippen LogP contribution in [0.3, 0.4) is 0 Å². The van der Waals surface area contributed by atoms with E-state index in [4.69, 9.17) is 23.2 Å². The van der Waals surface area contributed by atoms with Crippen molar-refractivity contribution in [2.24, 2.45) is 0 Å². The maximum absolute atomic E-state index is 5.97. The van der Waals surface area contributed by atoms with Crippen LogP contribution in [-0.2, 0) is 13.1 Å². The Morgan fingerprint density at radius 1 is 1.00 bits per heavy atom. The maximum Gasteiger partial charge on any atom is 0.121 e. The summed E-state index contributed by atoms with van der Waals surface area (Å²) in [7, 11) is 0. The van der Waals surface area contributed by atoms with Crippen LogP contribution < -0.4 is 5.32 Å². The van der Waals surface area contributed by atoms with E-state index >= 15 is 0 Å². The summed E-state index contributed by atoms with van der Waals surface area (Å²) in [6.45, 7) is 1.36. The van der Waals surface area contributed by atoms with Crippen LogP contribution in [0.4, 0.5) is 0 Å². The molecule has 0 bridgehead atoms. The van der Waals surface area contributed by atoms with Gasteiger partial charge in [0.05, 0.1) is 17.6 Å². The highest BCUT2D eigenvalue weighted by Crippen LogP contribution is 2.19. The molecule has 1 aromatic heterocycles. The van der Waals surface area contributed by atoms with E-state index in [0.717, 1.165) is 22.4 Å². The zero-order valence-electron chi connectivity index (χ0n) is 10.7. The number of aromatic amines is 1. The minimum absolute atomic E-state index is 0.651. The summed E-state index contributed by atoms with van der Waals surface area (Å²) < 4.78 is 0. The summed E-state index contributed by atoms with van der Waals surface area (Å²) in [4.78, 5) is 7.79. The molecule has 0 fully saturated rings. The third kappa shape index (κ3) is 3.12. The van der Waals surface area contributed by atoms with E-state index in [1.807, 2.05) is 36.4 Å². The topological polar surface area (TPSA) is 40.7 Å². The summed E-state index contributed by atoms with van der Waals surface area (Å²) >= 11 is 11.9. The van der Waals surface area contributed by atoms with Gasteiger partial charge in [-0.25, -0.2) is 4.98 Å². The normalized spacial score (nSPS) is 11.1. The second kappa shape index (κ2) is 5.83. The Morgan fingerprint density at radius 2 is 1.75 bits per heavy atom. The van der Waals surface area contributed by atoms with Crippen molar-refractivity contribution in [1.82, 2.24) is 15.3 Å². The number of H-pyrrole nitrogens is 1. The first-order chi connectivity index (χ1) is 9.70. The first-order valence-corrected chi connectivity index (χ1v) is 7.05. The van der Waals surface area contributed by atoms with Crippen molar-refractivity contribution in [3.8, 4) is 0 Å². The minimum Gasteiger partial charge on any atom is -0.341 e. The standard InChI is InChI=1S/C15H13Cl2N3/c16-11-5-10(6-12(17)7-11)8-18-9-15-19-13-3-1-2-4-14(13)20-15/h1-7,18H,8-9H2,(H,19,20). The third-order valence-corrected chi connectivity index (χ3v) is 3.42. The first-order valence-electron chi connectivity index (χ1n) is 6.30. The molecular weight excluding hydrogens is 293 g/mol. The van der Waals surface area contributed by atoms with E-state index in [1.54, 1.807) is 6.07 Å². The lowest BCUT2D eigenvalue weighted by Crippen LogP contribution is -2.13. The van der Waals surface area contributed by atoms with Crippen LogP contribution in [0.1, 0.15) is 11.4 Å². The third-order valence-electron chi connectivity index (χ3n) is 2.98. The molecule has 1 heterocycles. The fourth-order valence-corrected chi connectivity index (χ4v) is 2.70. The van der Waals surface area contributed by atoms with Crippen molar-refractivity contribution in [3.63, 3.8) is 0 Å². The molecule has 3 nitrogen and oxygen atoms in total. The molecule has 0 atom stereocenters. The van der Waals surface area contributed by atoms with Crippen LogP contribution in [0.25, 0.3) is 11.0 Å². The number of para-hydroxylation sites is 2. The zero-order chi connectivity index (χ0) is 13.9. The smallest absolute Gasteiger partial charge is 0.121 e. The Balaban J connectivity index is 1.64. The zero-order valence-corrected chi connectivity index (χ0v) is 12.2. The van der Waals surface area contributed by atoms with Gasteiger partial charge in [-0.2, -0.15) is 0 Å². The number of fused-ring (bicyclic) bond motifs is 1. The lowest BCUT2D eigenvalue weighted by atomic mass is 10.2. The molecule has 0 saturated heterocycles. The van der Waals surface area contributed by atoms with Crippen molar-refractivity contribution in [2.45, 2.75) is 13.1 Å². The second-order valence-electron chi connectivity index (χ2n) is 4.58. The average molecular weight is 306 g/mol. The quantitative estimate of drug-likeness (QED) is 0.760. The molecule has 0 aliphatic rings. The predicted octanol–water partition coefficient (Wildman–Crippen LogP) is 4.16. The predicted molar refractivity (Wildman–Crippen MR) is 83.1 cm³/mol. The number of nitrogens with one attached hydrogen (secondary N) is 2. The molecule has 0 spiro atoms. The van der Waals surface area contributed by atoms with Gasteiger partial charge in [-0.1, -0.05) is 35.3 Å². The van der Waals surface area contributed by atoms with Gasteiger partial charge in [0.15, 0.2) is 0 Å². The molecule has 102 valence electrons. The van der Waals surface area contributed by atoms with Gasteiger partial charge in [0.2, 0.25) is 0 Å². The van der Waals surface area contributed by atoms with Crippen LogP contribution in [0.15, 0.2) is 42.5 Å². The molecule has 2 aromatic carbocycles. The van der Waals surface area contributed by atoms with Gasteiger partial charge in [0.25, 0.3) is 0 Å². The molecule has 0 aliphatic carbocycles. The summed E-state index contributed by atoms with van der Waals surface area (Å²) in [6, 6.07) is 13.5. The van der Waals surface area contributed by atoms with Gasteiger partial charge < -0.3 is 10.3 Å². The molecule has 0 radical (unpaired) electrons. The van der Waals surface area contributed by atoms with Gasteiger partial charge in [0.1, 0.15) is 5.82 Å². The molecule has 3 aromatic rings. The van der Waals surface area contributed by atoms with E-state index in [2.05, 4.69) is 15.3 Å². The molecule has 0 unspecified atom stereocenters. The summed E-state index contributed by atoms with van der Waals surface area (Å²) in [5.74, 6) is 0.916. The van der Waals surface area contributed by atoms with E-state index < -0.39 is 0 Å². The van der Waals surface area contributed by atoms with Gasteiger partial charge in [0, 0.05) is 16.6 Å². The highest BCUT2D eigenvalue weighted by Gasteiger charge is 2.02. The number of imidazole rings is 1. The summed E-state index contributed by atoms with van der Waals surface area (Å²) in [6.07, 6.45) is 0. The highest BCUT2D eigenvalue weighted by atomic mass is 35.5. The largest absolute Gasteiger partial charge is 0.341 e. The fraction of sp³-hybridized carbons (Fsp3) is 0.133. The lowest BCUT2D eigenvalue weighted by Gasteiger charge is -2.04. The highest BCUT2D eigenvalue weighted by molar-refractivity contribution is 6.34. The van der Waals surface area contributed by atoms with Crippen molar-refractivity contribution in [2.75, 3.05) is 0 Å². The lowest BCUT2D eigenvalue weighted by molar-refractivity contribution is 0.670. The monoisotopic (exact) mass is 305 g/mol.